The molecule has 0 amide bonds. The third-order valence-corrected chi connectivity index (χ3v) is 3.78. The van der Waals surface area contributed by atoms with Crippen molar-refractivity contribution >= 4 is 27.3 Å². The summed E-state index contributed by atoms with van der Waals surface area (Å²) < 4.78 is 14.4. The first kappa shape index (κ1) is 11.8. The monoisotopic (exact) mass is 299 g/mol. The average molecular weight is 300 g/mol. The maximum absolute atomic E-state index is 13.3. The first-order valence-electron chi connectivity index (χ1n) is 4.93. The SMILES string of the molecule is Fc1ccccc1CNCc1csc(Br)c1. The highest BCUT2D eigenvalue weighted by molar-refractivity contribution is 9.11. The summed E-state index contributed by atoms with van der Waals surface area (Å²) in [5, 5.41) is 5.30. The molecule has 0 saturated heterocycles. The highest BCUT2D eigenvalue weighted by Crippen LogP contribution is 2.20. The smallest absolute Gasteiger partial charge is 0.127 e. The molecule has 0 aliphatic carbocycles. The molecule has 1 nitrogen and oxygen atoms in total. The molecule has 0 fully saturated rings. The number of halogens is 2. The van der Waals surface area contributed by atoms with Gasteiger partial charge >= 0.3 is 0 Å². The van der Waals surface area contributed by atoms with E-state index in [-0.39, 0.29) is 5.82 Å². The molecule has 1 N–H and O–H groups in total. The lowest BCUT2D eigenvalue weighted by Gasteiger charge is -2.04. The zero-order chi connectivity index (χ0) is 11.4. The van der Waals surface area contributed by atoms with Crippen molar-refractivity contribution in [3.63, 3.8) is 0 Å². The Labute approximate surface area is 106 Å². The molecular formula is C12H11BrFNS. The van der Waals surface area contributed by atoms with Crippen LogP contribution in [0.2, 0.25) is 0 Å². The van der Waals surface area contributed by atoms with Gasteiger partial charge in [-0.15, -0.1) is 11.3 Å². The van der Waals surface area contributed by atoms with Crippen LogP contribution in [0.5, 0.6) is 0 Å². The first-order valence-corrected chi connectivity index (χ1v) is 6.60. The summed E-state index contributed by atoms with van der Waals surface area (Å²) in [6.07, 6.45) is 0. The van der Waals surface area contributed by atoms with E-state index in [9.17, 15) is 4.39 Å². The summed E-state index contributed by atoms with van der Waals surface area (Å²) in [6, 6.07) is 8.90. The number of thiophene rings is 1. The highest BCUT2D eigenvalue weighted by atomic mass is 79.9. The fourth-order valence-corrected chi connectivity index (χ4v) is 2.63. The van der Waals surface area contributed by atoms with Gasteiger partial charge in [0.05, 0.1) is 3.79 Å². The molecule has 0 aliphatic heterocycles. The van der Waals surface area contributed by atoms with Gasteiger partial charge < -0.3 is 5.32 Å². The van der Waals surface area contributed by atoms with E-state index in [4.69, 9.17) is 0 Å². The van der Waals surface area contributed by atoms with Gasteiger partial charge in [-0.1, -0.05) is 18.2 Å². The Bertz CT molecular complexity index is 470. The predicted octanol–water partition coefficient (Wildman–Crippen LogP) is 3.94. The second-order valence-electron chi connectivity index (χ2n) is 3.45. The lowest BCUT2D eigenvalue weighted by atomic mass is 10.2. The lowest BCUT2D eigenvalue weighted by molar-refractivity contribution is 0.588. The summed E-state index contributed by atoms with van der Waals surface area (Å²) in [5.74, 6) is -0.151. The molecule has 0 aliphatic rings. The molecule has 4 heteroatoms. The summed E-state index contributed by atoms with van der Waals surface area (Å²) in [5.41, 5.74) is 1.92. The number of benzene rings is 1. The maximum Gasteiger partial charge on any atom is 0.127 e. The first-order chi connectivity index (χ1) is 7.75. The fourth-order valence-electron chi connectivity index (χ4n) is 1.42. The number of rotatable bonds is 4. The minimum atomic E-state index is -0.151. The van der Waals surface area contributed by atoms with Crippen LogP contribution in [-0.2, 0) is 13.1 Å². The molecule has 1 heterocycles. The van der Waals surface area contributed by atoms with Gasteiger partial charge in [0, 0.05) is 18.7 Å². The van der Waals surface area contributed by atoms with Crippen LogP contribution < -0.4 is 5.32 Å². The fraction of sp³-hybridized carbons (Fsp3) is 0.167. The van der Waals surface area contributed by atoms with Crippen LogP contribution in [0, 0.1) is 5.82 Å². The summed E-state index contributed by atoms with van der Waals surface area (Å²) in [4.78, 5) is 0. The molecule has 0 unspecified atom stereocenters. The van der Waals surface area contributed by atoms with Crippen molar-refractivity contribution in [1.82, 2.24) is 5.32 Å². The van der Waals surface area contributed by atoms with Crippen LogP contribution >= 0.6 is 27.3 Å². The van der Waals surface area contributed by atoms with E-state index in [1.165, 1.54) is 11.6 Å². The van der Waals surface area contributed by atoms with E-state index in [1.54, 1.807) is 23.5 Å². The van der Waals surface area contributed by atoms with Crippen LogP contribution in [0.25, 0.3) is 0 Å². The van der Waals surface area contributed by atoms with Crippen molar-refractivity contribution in [1.29, 1.82) is 0 Å². The van der Waals surface area contributed by atoms with E-state index in [1.807, 2.05) is 6.07 Å². The Morgan fingerprint density at radius 3 is 2.75 bits per heavy atom. The number of hydrogen-bond donors (Lipinski definition) is 1. The Morgan fingerprint density at radius 2 is 2.06 bits per heavy atom. The molecule has 0 saturated carbocycles. The topological polar surface area (TPSA) is 12.0 Å². The van der Waals surface area contributed by atoms with E-state index in [2.05, 4.69) is 32.7 Å². The normalized spacial score (nSPS) is 10.6. The van der Waals surface area contributed by atoms with Crippen LogP contribution in [-0.4, -0.2) is 0 Å². The number of hydrogen-bond acceptors (Lipinski definition) is 2. The van der Waals surface area contributed by atoms with Crippen molar-refractivity contribution < 1.29 is 4.39 Å². The molecule has 0 atom stereocenters. The van der Waals surface area contributed by atoms with Gasteiger partial charge in [-0.25, -0.2) is 4.39 Å². The molecule has 0 radical (unpaired) electrons. The average Bonchev–Trinajstić information content (AvgIpc) is 2.67. The summed E-state index contributed by atoms with van der Waals surface area (Å²) in [7, 11) is 0. The van der Waals surface area contributed by atoms with Gasteiger partial charge in [0.2, 0.25) is 0 Å². The van der Waals surface area contributed by atoms with E-state index in [0.29, 0.717) is 12.1 Å². The van der Waals surface area contributed by atoms with Crippen molar-refractivity contribution in [3.8, 4) is 0 Å². The van der Waals surface area contributed by atoms with Crippen LogP contribution in [0.15, 0.2) is 39.5 Å². The molecule has 16 heavy (non-hydrogen) atoms. The zero-order valence-electron chi connectivity index (χ0n) is 8.54. The van der Waals surface area contributed by atoms with Crippen LogP contribution in [0.4, 0.5) is 4.39 Å². The van der Waals surface area contributed by atoms with E-state index in [0.717, 1.165) is 10.3 Å². The van der Waals surface area contributed by atoms with Crippen molar-refractivity contribution in [2.24, 2.45) is 0 Å². The van der Waals surface area contributed by atoms with Crippen molar-refractivity contribution in [2.45, 2.75) is 13.1 Å². The summed E-state index contributed by atoms with van der Waals surface area (Å²) in [6.45, 7) is 1.32. The Kier molecular flexibility index (Phi) is 4.09. The third-order valence-electron chi connectivity index (χ3n) is 2.22. The van der Waals surface area contributed by atoms with Crippen molar-refractivity contribution in [3.05, 3.63) is 56.4 Å². The Hall–Kier alpha value is -0.710. The third kappa shape index (κ3) is 3.14. The van der Waals surface area contributed by atoms with Gasteiger partial charge in [-0.05, 0) is 39.0 Å². The molecule has 0 spiro atoms. The predicted molar refractivity (Wildman–Crippen MR) is 69.0 cm³/mol. The van der Waals surface area contributed by atoms with E-state index >= 15 is 0 Å². The van der Waals surface area contributed by atoms with Gasteiger partial charge in [-0.3, -0.25) is 0 Å². The van der Waals surface area contributed by atoms with Crippen LogP contribution in [0.3, 0.4) is 0 Å². The van der Waals surface area contributed by atoms with Gasteiger partial charge in [0.1, 0.15) is 5.82 Å². The highest BCUT2D eigenvalue weighted by Gasteiger charge is 2.00. The standard InChI is InChI=1S/C12H11BrFNS/c13-12-5-9(8-16-12)6-15-7-10-3-1-2-4-11(10)14/h1-5,8,15H,6-7H2. The van der Waals surface area contributed by atoms with E-state index < -0.39 is 0 Å². The Morgan fingerprint density at radius 1 is 1.25 bits per heavy atom. The molecule has 84 valence electrons. The maximum atomic E-state index is 13.3. The van der Waals surface area contributed by atoms with Gasteiger partial charge in [-0.2, -0.15) is 0 Å². The zero-order valence-corrected chi connectivity index (χ0v) is 10.9. The minimum Gasteiger partial charge on any atom is -0.308 e. The lowest BCUT2D eigenvalue weighted by Crippen LogP contribution is -2.13. The quantitative estimate of drug-likeness (QED) is 0.902. The number of nitrogens with one attached hydrogen (secondary N) is 1. The molecule has 2 aromatic rings. The van der Waals surface area contributed by atoms with Crippen LogP contribution in [0.1, 0.15) is 11.1 Å². The Balaban J connectivity index is 1.87. The van der Waals surface area contributed by atoms with Gasteiger partial charge in [0.15, 0.2) is 0 Å². The molecule has 1 aromatic heterocycles. The van der Waals surface area contributed by atoms with Crippen molar-refractivity contribution in [2.75, 3.05) is 0 Å². The minimum absolute atomic E-state index is 0.151. The molecular weight excluding hydrogens is 289 g/mol. The molecule has 1 aromatic carbocycles. The molecule has 2 rings (SSSR count). The second-order valence-corrected chi connectivity index (χ2v) is 5.74. The van der Waals surface area contributed by atoms with Gasteiger partial charge in [0.25, 0.3) is 0 Å². The summed E-state index contributed by atoms with van der Waals surface area (Å²) >= 11 is 5.07. The second kappa shape index (κ2) is 5.57. The largest absolute Gasteiger partial charge is 0.308 e. The molecule has 0 bridgehead atoms.